The van der Waals surface area contributed by atoms with Gasteiger partial charge in [0.1, 0.15) is 5.41 Å². The Bertz CT molecular complexity index is 688. The lowest BCUT2D eigenvalue weighted by Crippen LogP contribution is -2.37. The molecule has 0 fully saturated rings. The second-order valence-electron chi connectivity index (χ2n) is 5.17. The molecule has 2 N–H and O–H groups in total. The van der Waals surface area contributed by atoms with Gasteiger partial charge in [-0.2, -0.15) is 0 Å². The maximum absolute atomic E-state index is 11.9. The summed E-state index contributed by atoms with van der Waals surface area (Å²) in [5.41, 5.74) is 0.943. The standard InChI is InChI=1S/C16H15IO4/c1-9-6-7-16(15(20)21,8-11(9)14(18)19)12-4-3-5-13(17)10(12)2/h3-7H,8H2,1-2H3,(H,18,19)(H,20,21). The van der Waals surface area contributed by atoms with Crippen LogP contribution in [0.15, 0.2) is 41.5 Å². The molecule has 0 bridgehead atoms. The summed E-state index contributed by atoms with van der Waals surface area (Å²) in [6.07, 6.45) is 3.16. The Hall–Kier alpha value is -1.63. The molecule has 2 rings (SSSR count). The van der Waals surface area contributed by atoms with Crippen molar-refractivity contribution >= 4 is 34.5 Å². The zero-order chi connectivity index (χ0) is 15.8. The first-order valence-corrected chi connectivity index (χ1v) is 7.49. The number of rotatable bonds is 3. The van der Waals surface area contributed by atoms with Crippen LogP contribution in [0.1, 0.15) is 24.5 Å². The highest BCUT2D eigenvalue weighted by Crippen LogP contribution is 2.40. The van der Waals surface area contributed by atoms with Gasteiger partial charge in [-0.05, 0) is 59.2 Å². The van der Waals surface area contributed by atoms with Crippen molar-refractivity contribution < 1.29 is 19.8 Å². The smallest absolute Gasteiger partial charge is 0.331 e. The summed E-state index contributed by atoms with van der Waals surface area (Å²) in [5, 5.41) is 19.1. The molecule has 110 valence electrons. The molecular formula is C16H15IO4. The topological polar surface area (TPSA) is 74.6 Å². The highest BCUT2D eigenvalue weighted by atomic mass is 127. The monoisotopic (exact) mass is 398 g/mol. The first kappa shape index (κ1) is 15.8. The number of benzene rings is 1. The van der Waals surface area contributed by atoms with Crippen molar-refractivity contribution in [1.82, 2.24) is 0 Å². The number of carbonyl (C=O) groups is 2. The van der Waals surface area contributed by atoms with E-state index < -0.39 is 17.4 Å². The van der Waals surface area contributed by atoms with E-state index in [9.17, 15) is 19.8 Å². The zero-order valence-electron chi connectivity index (χ0n) is 11.7. The molecule has 0 aliphatic heterocycles. The van der Waals surface area contributed by atoms with E-state index in [1.165, 1.54) is 0 Å². The second kappa shape index (κ2) is 5.63. The Balaban J connectivity index is 2.66. The van der Waals surface area contributed by atoms with Crippen LogP contribution in [0.2, 0.25) is 0 Å². The number of carboxylic acids is 2. The maximum Gasteiger partial charge on any atom is 0.331 e. The van der Waals surface area contributed by atoms with Gasteiger partial charge in [-0.25, -0.2) is 4.79 Å². The Morgan fingerprint density at radius 3 is 2.48 bits per heavy atom. The average molecular weight is 398 g/mol. The van der Waals surface area contributed by atoms with E-state index in [4.69, 9.17) is 0 Å². The highest BCUT2D eigenvalue weighted by molar-refractivity contribution is 14.1. The van der Waals surface area contributed by atoms with Crippen molar-refractivity contribution in [2.24, 2.45) is 0 Å². The molecule has 0 amide bonds. The van der Waals surface area contributed by atoms with E-state index in [0.29, 0.717) is 11.1 Å². The lowest BCUT2D eigenvalue weighted by atomic mass is 9.70. The van der Waals surface area contributed by atoms with Crippen molar-refractivity contribution in [2.75, 3.05) is 0 Å². The molecule has 0 saturated heterocycles. The molecule has 4 nitrogen and oxygen atoms in total. The summed E-state index contributed by atoms with van der Waals surface area (Å²) < 4.78 is 0.960. The molecule has 1 aliphatic rings. The molecule has 5 heteroatoms. The largest absolute Gasteiger partial charge is 0.480 e. The third kappa shape index (κ3) is 2.62. The van der Waals surface area contributed by atoms with Crippen molar-refractivity contribution in [3.63, 3.8) is 0 Å². The average Bonchev–Trinajstić information content (AvgIpc) is 2.42. The van der Waals surface area contributed by atoms with Crippen LogP contribution in [0, 0.1) is 10.5 Å². The number of allylic oxidation sites excluding steroid dienone is 2. The summed E-state index contributed by atoms with van der Waals surface area (Å²) in [6, 6.07) is 5.46. The molecule has 0 saturated carbocycles. The normalized spacial score (nSPS) is 21.5. The molecule has 0 aromatic heterocycles. The van der Waals surface area contributed by atoms with Crippen LogP contribution in [-0.4, -0.2) is 22.2 Å². The lowest BCUT2D eigenvalue weighted by Gasteiger charge is -2.32. The van der Waals surface area contributed by atoms with Crippen molar-refractivity contribution in [1.29, 1.82) is 0 Å². The predicted molar refractivity (Wildman–Crippen MR) is 87.3 cm³/mol. The van der Waals surface area contributed by atoms with Crippen molar-refractivity contribution in [3.05, 3.63) is 56.2 Å². The van der Waals surface area contributed by atoms with Gasteiger partial charge in [0.15, 0.2) is 0 Å². The van der Waals surface area contributed by atoms with Crippen LogP contribution < -0.4 is 0 Å². The number of halogens is 1. The molecule has 21 heavy (non-hydrogen) atoms. The predicted octanol–water partition coefficient (Wildman–Crippen LogP) is 3.28. The molecule has 1 aromatic carbocycles. The molecule has 1 aliphatic carbocycles. The van der Waals surface area contributed by atoms with Crippen LogP contribution in [0.25, 0.3) is 0 Å². The van der Waals surface area contributed by atoms with Crippen LogP contribution in [0.4, 0.5) is 0 Å². The van der Waals surface area contributed by atoms with E-state index >= 15 is 0 Å². The van der Waals surface area contributed by atoms with Crippen LogP contribution in [0.5, 0.6) is 0 Å². The van der Waals surface area contributed by atoms with Gasteiger partial charge < -0.3 is 10.2 Å². The summed E-state index contributed by atoms with van der Waals surface area (Å²) in [7, 11) is 0. The lowest BCUT2D eigenvalue weighted by molar-refractivity contribution is -0.142. The number of aliphatic carboxylic acids is 2. The van der Waals surface area contributed by atoms with Gasteiger partial charge in [-0.1, -0.05) is 24.3 Å². The number of hydrogen-bond acceptors (Lipinski definition) is 2. The minimum absolute atomic E-state index is 0.0407. The fourth-order valence-corrected chi connectivity index (χ4v) is 3.13. The molecular weight excluding hydrogens is 383 g/mol. The van der Waals surface area contributed by atoms with E-state index in [-0.39, 0.29) is 12.0 Å². The van der Waals surface area contributed by atoms with Gasteiger partial charge >= 0.3 is 11.9 Å². The van der Waals surface area contributed by atoms with Gasteiger partial charge in [0, 0.05) is 15.6 Å². The Kier molecular flexibility index (Phi) is 4.22. The van der Waals surface area contributed by atoms with Gasteiger partial charge in [0.2, 0.25) is 0 Å². The summed E-state index contributed by atoms with van der Waals surface area (Å²) in [6.45, 7) is 3.55. The van der Waals surface area contributed by atoms with E-state index in [0.717, 1.165) is 9.13 Å². The van der Waals surface area contributed by atoms with Crippen LogP contribution in [-0.2, 0) is 15.0 Å². The van der Waals surface area contributed by atoms with Gasteiger partial charge in [-0.3, -0.25) is 4.79 Å². The first-order valence-electron chi connectivity index (χ1n) is 6.41. The molecule has 1 aromatic rings. The Morgan fingerprint density at radius 2 is 1.90 bits per heavy atom. The van der Waals surface area contributed by atoms with Gasteiger partial charge in [0.05, 0.1) is 0 Å². The third-order valence-electron chi connectivity index (χ3n) is 3.94. The number of carboxylic acid groups (broad SMARTS) is 2. The maximum atomic E-state index is 11.9. The molecule has 0 spiro atoms. The van der Waals surface area contributed by atoms with E-state index in [1.807, 2.05) is 13.0 Å². The molecule has 0 radical (unpaired) electrons. The highest BCUT2D eigenvalue weighted by Gasteiger charge is 2.43. The Labute approximate surface area is 136 Å². The number of hydrogen-bond donors (Lipinski definition) is 2. The fourth-order valence-electron chi connectivity index (χ4n) is 2.63. The molecule has 1 atom stereocenters. The van der Waals surface area contributed by atoms with Crippen LogP contribution in [0.3, 0.4) is 0 Å². The third-order valence-corrected chi connectivity index (χ3v) is 5.11. The summed E-state index contributed by atoms with van der Waals surface area (Å²) in [5.74, 6) is -2.10. The van der Waals surface area contributed by atoms with E-state index in [1.54, 1.807) is 31.2 Å². The summed E-state index contributed by atoms with van der Waals surface area (Å²) >= 11 is 2.15. The second-order valence-corrected chi connectivity index (χ2v) is 6.33. The van der Waals surface area contributed by atoms with Gasteiger partial charge in [0.25, 0.3) is 0 Å². The minimum Gasteiger partial charge on any atom is -0.480 e. The SMILES string of the molecule is CC1=C(C(=O)O)CC(C(=O)O)(c2cccc(I)c2C)C=C1. The zero-order valence-corrected chi connectivity index (χ0v) is 13.8. The van der Waals surface area contributed by atoms with E-state index in [2.05, 4.69) is 22.6 Å². The molecule has 1 unspecified atom stereocenters. The fraction of sp³-hybridized carbons (Fsp3) is 0.250. The van der Waals surface area contributed by atoms with Crippen molar-refractivity contribution in [3.8, 4) is 0 Å². The summed E-state index contributed by atoms with van der Waals surface area (Å²) in [4.78, 5) is 23.3. The quantitative estimate of drug-likeness (QED) is 0.767. The molecule has 0 heterocycles. The van der Waals surface area contributed by atoms with Gasteiger partial charge in [-0.15, -0.1) is 0 Å². The Morgan fingerprint density at radius 1 is 1.24 bits per heavy atom. The first-order chi connectivity index (χ1) is 9.79. The van der Waals surface area contributed by atoms with Crippen molar-refractivity contribution in [2.45, 2.75) is 25.7 Å². The van der Waals surface area contributed by atoms with Crippen LogP contribution >= 0.6 is 22.6 Å². The minimum atomic E-state index is -1.32.